The number of hydrogen-bond acceptors (Lipinski definition) is 3. The fraction of sp³-hybridized carbons (Fsp3) is 0.167. The third-order valence-corrected chi connectivity index (χ3v) is 4.39. The average Bonchev–Trinajstić information content (AvgIpc) is 2.87. The van der Waals surface area contributed by atoms with Gasteiger partial charge < -0.3 is 4.90 Å². The van der Waals surface area contributed by atoms with E-state index in [1.807, 2.05) is 14.1 Å². The molecule has 0 aliphatic heterocycles. The highest BCUT2D eigenvalue weighted by Crippen LogP contribution is 2.24. The zero-order chi connectivity index (χ0) is 14.8. The van der Waals surface area contributed by atoms with E-state index < -0.39 is 0 Å². The number of aromatic nitrogens is 1. The van der Waals surface area contributed by atoms with Crippen LogP contribution < -0.4 is 4.90 Å². The van der Waals surface area contributed by atoms with E-state index in [0.29, 0.717) is 0 Å². The van der Waals surface area contributed by atoms with E-state index in [1.165, 1.54) is 21.5 Å². The molecule has 2 aromatic carbocycles. The van der Waals surface area contributed by atoms with Crippen molar-refractivity contribution in [2.45, 2.75) is 6.92 Å². The molecule has 1 heterocycles. The van der Waals surface area contributed by atoms with E-state index in [9.17, 15) is 0 Å². The molecule has 0 spiro atoms. The fourth-order valence-electron chi connectivity index (χ4n) is 2.18. The number of thiazole rings is 1. The maximum Gasteiger partial charge on any atom is 0.117 e. The van der Waals surface area contributed by atoms with Gasteiger partial charge in [0.1, 0.15) is 5.01 Å². The van der Waals surface area contributed by atoms with Gasteiger partial charge in [0.2, 0.25) is 0 Å². The topological polar surface area (TPSA) is 16.1 Å². The number of hydrogen-bond donors (Lipinski definition) is 0. The van der Waals surface area contributed by atoms with E-state index in [2.05, 4.69) is 71.4 Å². The normalized spacial score (nSPS) is 11.4. The molecule has 0 atom stereocenters. The Bertz CT molecular complexity index is 783. The summed E-state index contributed by atoms with van der Waals surface area (Å²) in [4.78, 5) is 6.76. The van der Waals surface area contributed by atoms with E-state index in [0.717, 1.165) is 10.5 Å². The van der Waals surface area contributed by atoms with Crippen molar-refractivity contribution in [1.82, 2.24) is 4.98 Å². The molecule has 0 N–H and O–H groups in total. The lowest BCUT2D eigenvalue weighted by Crippen LogP contribution is -2.07. The fourth-order valence-corrected chi connectivity index (χ4v) is 3.03. The van der Waals surface area contributed by atoms with Crippen LogP contribution in [0.25, 0.3) is 22.4 Å². The largest absolute Gasteiger partial charge is 0.378 e. The predicted octanol–water partition coefficient (Wildman–Crippen LogP) is 4.84. The molecule has 0 unspecified atom stereocenters. The van der Waals surface area contributed by atoms with Crippen LogP contribution in [0.3, 0.4) is 0 Å². The Kier molecular flexibility index (Phi) is 3.76. The molecule has 0 aliphatic carbocycles. The number of rotatable bonds is 3. The lowest BCUT2D eigenvalue weighted by atomic mass is 10.2. The Labute approximate surface area is 129 Å². The van der Waals surface area contributed by atoms with Gasteiger partial charge in [-0.05, 0) is 48.4 Å². The minimum Gasteiger partial charge on any atom is -0.378 e. The van der Waals surface area contributed by atoms with Crippen molar-refractivity contribution >= 4 is 39.4 Å². The van der Waals surface area contributed by atoms with Crippen LogP contribution in [0.1, 0.15) is 16.1 Å². The van der Waals surface area contributed by atoms with Gasteiger partial charge in [0.05, 0.1) is 10.2 Å². The molecular weight excluding hydrogens is 276 g/mol. The molecule has 0 amide bonds. The highest BCUT2D eigenvalue weighted by atomic mass is 32.1. The monoisotopic (exact) mass is 294 g/mol. The van der Waals surface area contributed by atoms with E-state index in [-0.39, 0.29) is 0 Å². The summed E-state index contributed by atoms with van der Waals surface area (Å²) in [5.41, 5.74) is 4.74. The molecule has 0 bridgehead atoms. The molecule has 0 aliphatic rings. The second-order valence-corrected chi connectivity index (χ2v) is 6.40. The van der Waals surface area contributed by atoms with Crippen LogP contribution in [-0.2, 0) is 0 Å². The predicted molar refractivity (Wildman–Crippen MR) is 94.1 cm³/mol. The first-order valence-electron chi connectivity index (χ1n) is 6.94. The molecular formula is C18H18N2S. The molecule has 2 nitrogen and oxygen atoms in total. The zero-order valence-electron chi connectivity index (χ0n) is 12.5. The first-order valence-corrected chi connectivity index (χ1v) is 7.76. The van der Waals surface area contributed by atoms with Crippen LogP contribution in [-0.4, -0.2) is 19.1 Å². The quantitative estimate of drug-likeness (QED) is 0.687. The van der Waals surface area contributed by atoms with Gasteiger partial charge in [0.25, 0.3) is 0 Å². The Morgan fingerprint density at radius 2 is 1.76 bits per heavy atom. The Hall–Kier alpha value is -2.13. The summed E-state index contributed by atoms with van der Waals surface area (Å²) in [5, 5.41) is 1.05. The van der Waals surface area contributed by atoms with Crippen LogP contribution in [0.2, 0.25) is 0 Å². The van der Waals surface area contributed by atoms with Gasteiger partial charge >= 0.3 is 0 Å². The van der Waals surface area contributed by atoms with E-state index >= 15 is 0 Å². The SMILES string of the molecule is Cc1ccc2sc(C=Cc3ccc(N(C)C)cc3)nc2c1. The van der Waals surface area contributed by atoms with Crippen LogP contribution >= 0.6 is 11.3 Å². The van der Waals surface area contributed by atoms with Crippen LogP contribution in [0, 0.1) is 6.92 Å². The standard InChI is InChI=1S/C18H18N2S/c1-13-4-10-17-16(12-13)19-18(21-17)11-7-14-5-8-15(9-6-14)20(2)3/h4-12H,1-3H3. The van der Waals surface area contributed by atoms with Crippen molar-refractivity contribution in [3.8, 4) is 0 Å². The van der Waals surface area contributed by atoms with Crippen LogP contribution in [0.4, 0.5) is 5.69 Å². The van der Waals surface area contributed by atoms with Crippen LogP contribution in [0.5, 0.6) is 0 Å². The van der Waals surface area contributed by atoms with Crippen molar-refractivity contribution in [3.63, 3.8) is 0 Å². The molecule has 21 heavy (non-hydrogen) atoms. The molecule has 0 saturated heterocycles. The lowest BCUT2D eigenvalue weighted by Gasteiger charge is -2.11. The Balaban J connectivity index is 1.83. The second kappa shape index (κ2) is 5.70. The zero-order valence-corrected chi connectivity index (χ0v) is 13.3. The summed E-state index contributed by atoms with van der Waals surface area (Å²) >= 11 is 1.73. The maximum atomic E-state index is 4.66. The van der Waals surface area contributed by atoms with Crippen molar-refractivity contribution in [1.29, 1.82) is 0 Å². The smallest absolute Gasteiger partial charge is 0.117 e. The number of benzene rings is 2. The van der Waals surface area contributed by atoms with Crippen molar-refractivity contribution < 1.29 is 0 Å². The summed E-state index contributed by atoms with van der Waals surface area (Å²) in [7, 11) is 4.10. The lowest BCUT2D eigenvalue weighted by molar-refractivity contribution is 1.13. The summed E-state index contributed by atoms with van der Waals surface area (Å²) in [6.45, 7) is 2.10. The van der Waals surface area contributed by atoms with Crippen molar-refractivity contribution in [2.75, 3.05) is 19.0 Å². The first kappa shape index (κ1) is 13.8. The van der Waals surface area contributed by atoms with E-state index in [4.69, 9.17) is 0 Å². The molecule has 0 radical (unpaired) electrons. The summed E-state index contributed by atoms with van der Waals surface area (Å²) in [6, 6.07) is 14.9. The molecule has 1 aromatic heterocycles. The summed E-state index contributed by atoms with van der Waals surface area (Å²) < 4.78 is 1.24. The summed E-state index contributed by atoms with van der Waals surface area (Å²) in [5.74, 6) is 0. The van der Waals surface area contributed by atoms with E-state index in [1.54, 1.807) is 11.3 Å². The molecule has 3 aromatic rings. The number of aryl methyl sites for hydroxylation is 1. The molecule has 3 rings (SSSR count). The van der Waals surface area contributed by atoms with Gasteiger partial charge in [0.15, 0.2) is 0 Å². The maximum absolute atomic E-state index is 4.66. The van der Waals surface area contributed by atoms with Crippen molar-refractivity contribution in [2.24, 2.45) is 0 Å². The van der Waals surface area contributed by atoms with Crippen molar-refractivity contribution in [3.05, 3.63) is 58.6 Å². The Morgan fingerprint density at radius 3 is 2.48 bits per heavy atom. The third kappa shape index (κ3) is 3.14. The molecule has 106 valence electrons. The molecule has 0 fully saturated rings. The van der Waals surface area contributed by atoms with Gasteiger partial charge in [-0.1, -0.05) is 24.3 Å². The van der Waals surface area contributed by atoms with Gasteiger partial charge in [0, 0.05) is 19.8 Å². The van der Waals surface area contributed by atoms with Gasteiger partial charge in [-0.2, -0.15) is 0 Å². The minimum absolute atomic E-state index is 1.05. The molecule has 0 saturated carbocycles. The molecule has 3 heteroatoms. The first-order chi connectivity index (χ1) is 10.1. The third-order valence-electron chi connectivity index (χ3n) is 3.39. The van der Waals surface area contributed by atoms with Gasteiger partial charge in [-0.3, -0.25) is 0 Å². The average molecular weight is 294 g/mol. The van der Waals surface area contributed by atoms with Gasteiger partial charge in [-0.25, -0.2) is 4.98 Å². The summed E-state index contributed by atoms with van der Waals surface area (Å²) in [6.07, 6.45) is 4.20. The van der Waals surface area contributed by atoms with Gasteiger partial charge in [-0.15, -0.1) is 11.3 Å². The van der Waals surface area contributed by atoms with Crippen LogP contribution in [0.15, 0.2) is 42.5 Å². The second-order valence-electron chi connectivity index (χ2n) is 5.34. The number of nitrogens with zero attached hydrogens (tertiary/aromatic N) is 2. The minimum atomic E-state index is 1.05. The number of anilines is 1. The number of fused-ring (bicyclic) bond motifs is 1. The Morgan fingerprint density at radius 1 is 1.00 bits per heavy atom. The highest BCUT2D eigenvalue weighted by molar-refractivity contribution is 7.19. The highest BCUT2D eigenvalue weighted by Gasteiger charge is 2.01.